The Morgan fingerprint density at radius 3 is 2.48 bits per heavy atom. The molecule has 1 aromatic heterocycles. The van der Waals surface area contributed by atoms with Crippen LogP contribution in [0.15, 0.2) is 24.5 Å². The maximum Gasteiger partial charge on any atom is 0.222 e. The second-order valence-electron chi connectivity index (χ2n) is 8.52. The summed E-state index contributed by atoms with van der Waals surface area (Å²) in [5.41, 5.74) is 1.29. The monoisotopic (exact) mass is 371 g/mol. The molecule has 4 rings (SSSR count). The highest BCUT2D eigenvalue weighted by Crippen LogP contribution is 2.39. The summed E-state index contributed by atoms with van der Waals surface area (Å²) < 4.78 is 5.69. The molecule has 2 unspecified atom stereocenters. The molecule has 1 saturated carbocycles. The summed E-state index contributed by atoms with van der Waals surface area (Å²) in [6.45, 7) is 2.81. The van der Waals surface area contributed by atoms with Crippen molar-refractivity contribution >= 4 is 5.91 Å². The molecule has 5 nitrogen and oxygen atoms in total. The van der Waals surface area contributed by atoms with Crippen LogP contribution in [0.5, 0.6) is 0 Å². The molecular formula is C22H33N3O2. The molecule has 148 valence electrons. The van der Waals surface area contributed by atoms with E-state index in [-0.39, 0.29) is 6.10 Å². The zero-order chi connectivity index (χ0) is 18.6. The lowest BCUT2D eigenvalue weighted by Gasteiger charge is -2.53. The van der Waals surface area contributed by atoms with Gasteiger partial charge in [-0.25, -0.2) is 0 Å². The number of hydrogen-bond acceptors (Lipinski definition) is 4. The molecule has 3 fully saturated rings. The number of likely N-dealkylation sites (tertiary alicyclic amines) is 2. The largest absolute Gasteiger partial charge is 0.378 e. The van der Waals surface area contributed by atoms with E-state index in [1.807, 2.05) is 19.5 Å². The van der Waals surface area contributed by atoms with Gasteiger partial charge in [0.05, 0.1) is 12.1 Å². The van der Waals surface area contributed by atoms with Crippen molar-refractivity contribution < 1.29 is 9.53 Å². The number of methoxy groups -OCH3 is 1. The van der Waals surface area contributed by atoms with E-state index in [0.29, 0.717) is 23.9 Å². The molecule has 2 saturated heterocycles. The minimum absolute atomic E-state index is 0.262. The fourth-order valence-electron chi connectivity index (χ4n) is 5.26. The SMILES string of the molecule is COC1CN(C2CCN(C(=O)CC3CCCCC3)CC2)C1c1ccncc1. The van der Waals surface area contributed by atoms with Crippen LogP contribution in [0.2, 0.25) is 0 Å². The van der Waals surface area contributed by atoms with E-state index in [1.54, 1.807) is 0 Å². The average molecular weight is 372 g/mol. The lowest BCUT2D eigenvalue weighted by atomic mass is 9.86. The van der Waals surface area contributed by atoms with Gasteiger partial charge in [0, 0.05) is 51.6 Å². The van der Waals surface area contributed by atoms with E-state index in [9.17, 15) is 4.79 Å². The predicted molar refractivity (Wildman–Crippen MR) is 105 cm³/mol. The highest BCUT2D eigenvalue weighted by Gasteiger charge is 2.44. The van der Waals surface area contributed by atoms with Crippen LogP contribution in [-0.2, 0) is 9.53 Å². The summed E-state index contributed by atoms with van der Waals surface area (Å²) >= 11 is 0. The molecule has 3 heterocycles. The van der Waals surface area contributed by atoms with Gasteiger partial charge in [-0.2, -0.15) is 0 Å². The standard InChI is InChI=1S/C22H33N3O2/c1-27-20-16-25(22(20)18-7-11-23-12-8-18)19-9-13-24(14-10-19)21(26)15-17-5-3-2-4-6-17/h7-8,11-12,17,19-20,22H,2-6,9-10,13-16H2,1H3. The third-order valence-electron chi connectivity index (χ3n) is 6.92. The normalized spacial score (nSPS) is 28.1. The summed E-state index contributed by atoms with van der Waals surface area (Å²) in [7, 11) is 1.81. The fraction of sp³-hybridized carbons (Fsp3) is 0.727. The van der Waals surface area contributed by atoms with E-state index >= 15 is 0 Å². The molecule has 0 bridgehead atoms. The van der Waals surface area contributed by atoms with E-state index in [0.717, 1.165) is 38.9 Å². The molecule has 1 aromatic rings. The maximum absolute atomic E-state index is 12.7. The van der Waals surface area contributed by atoms with E-state index in [1.165, 1.54) is 37.7 Å². The Hall–Kier alpha value is -1.46. The molecule has 5 heteroatoms. The highest BCUT2D eigenvalue weighted by atomic mass is 16.5. The first kappa shape index (κ1) is 18.9. The zero-order valence-corrected chi connectivity index (χ0v) is 16.6. The first-order chi connectivity index (χ1) is 13.3. The molecular weight excluding hydrogens is 338 g/mol. The van der Waals surface area contributed by atoms with Crippen molar-refractivity contribution in [3.05, 3.63) is 30.1 Å². The fourth-order valence-corrected chi connectivity index (χ4v) is 5.26. The molecule has 27 heavy (non-hydrogen) atoms. The first-order valence-electron chi connectivity index (χ1n) is 10.7. The van der Waals surface area contributed by atoms with Gasteiger partial charge in [-0.05, 0) is 49.3 Å². The summed E-state index contributed by atoms with van der Waals surface area (Å²) in [5.74, 6) is 1.03. The van der Waals surface area contributed by atoms with E-state index in [2.05, 4.69) is 26.9 Å². The second kappa shape index (κ2) is 8.70. The number of amides is 1. The van der Waals surface area contributed by atoms with Gasteiger partial charge >= 0.3 is 0 Å². The predicted octanol–water partition coefficient (Wildman–Crippen LogP) is 3.41. The first-order valence-corrected chi connectivity index (χ1v) is 10.7. The molecule has 2 atom stereocenters. The van der Waals surface area contributed by atoms with E-state index < -0.39 is 0 Å². The minimum Gasteiger partial charge on any atom is -0.378 e. The minimum atomic E-state index is 0.262. The number of hydrogen-bond donors (Lipinski definition) is 0. The number of carbonyl (C=O) groups is 1. The molecule has 1 amide bonds. The van der Waals surface area contributed by atoms with Gasteiger partial charge in [0.15, 0.2) is 0 Å². The van der Waals surface area contributed by atoms with Crippen molar-refractivity contribution in [1.29, 1.82) is 0 Å². The Balaban J connectivity index is 1.30. The Labute approximate surface area is 163 Å². The third kappa shape index (κ3) is 4.19. The van der Waals surface area contributed by atoms with Gasteiger partial charge in [0.25, 0.3) is 0 Å². The van der Waals surface area contributed by atoms with Crippen molar-refractivity contribution in [3.8, 4) is 0 Å². The zero-order valence-electron chi connectivity index (χ0n) is 16.6. The molecule has 0 spiro atoms. The summed E-state index contributed by atoms with van der Waals surface area (Å²) in [6, 6.07) is 5.08. The topological polar surface area (TPSA) is 45.7 Å². The maximum atomic E-state index is 12.7. The Morgan fingerprint density at radius 1 is 1.11 bits per heavy atom. The molecule has 0 aromatic carbocycles. The van der Waals surface area contributed by atoms with Gasteiger partial charge < -0.3 is 9.64 Å². The van der Waals surface area contributed by atoms with Gasteiger partial charge in [-0.1, -0.05) is 19.3 Å². The van der Waals surface area contributed by atoms with Crippen molar-refractivity contribution in [3.63, 3.8) is 0 Å². The lowest BCUT2D eigenvalue weighted by molar-refractivity contribution is -0.138. The average Bonchev–Trinajstić information content (AvgIpc) is 2.70. The summed E-state index contributed by atoms with van der Waals surface area (Å²) in [6.07, 6.45) is 13.4. The van der Waals surface area contributed by atoms with Crippen LogP contribution in [0.3, 0.4) is 0 Å². The van der Waals surface area contributed by atoms with Gasteiger partial charge in [0.2, 0.25) is 5.91 Å². The van der Waals surface area contributed by atoms with Crippen LogP contribution in [-0.4, -0.2) is 59.6 Å². The number of carbonyl (C=O) groups excluding carboxylic acids is 1. The molecule has 0 radical (unpaired) electrons. The van der Waals surface area contributed by atoms with Crippen LogP contribution in [0, 0.1) is 5.92 Å². The number of piperidine rings is 1. The molecule has 1 aliphatic carbocycles. The van der Waals surface area contributed by atoms with Crippen LogP contribution in [0.1, 0.15) is 63.0 Å². The molecule has 2 aliphatic heterocycles. The van der Waals surface area contributed by atoms with Crippen molar-refractivity contribution in [2.45, 2.75) is 69.6 Å². The van der Waals surface area contributed by atoms with Crippen molar-refractivity contribution in [2.24, 2.45) is 5.92 Å². The van der Waals surface area contributed by atoms with Gasteiger partial charge in [-0.3, -0.25) is 14.7 Å². The number of ether oxygens (including phenoxy) is 1. The number of aromatic nitrogens is 1. The Kier molecular flexibility index (Phi) is 6.08. The summed E-state index contributed by atoms with van der Waals surface area (Å²) in [4.78, 5) is 21.5. The number of rotatable bonds is 5. The van der Waals surface area contributed by atoms with Gasteiger partial charge in [-0.15, -0.1) is 0 Å². The van der Waals surface area contributed by atoms with Crippen molar-refractivity contribution in [2.75, 3.05) is 26.7 Å². The number of pyridine rings is 1. The smallest absolute Gasteiger partial charge is 0.222 e. The van der Waals surface area contributed by atoms with Crippen LogP contribution < -0.4 is 0 Å². The van der Waals surface area contributed by atoms with Crippen LogP contribution in [0.25, 0.3) is 0 Å². The van der Waals surface area contributed by atoms with E-state index in [4.69, 9.17) is 4.74 Å². The lowest BCUT2D eigenvalue weighted by Crippen LogP contribution is -2.60. The van der Waals surface area contributed by atoms with Crippen LogP contribution >= 0.6 is 0 Å². The second-order valence-corrected chi connectivity index (χ2v) is 8.52. The highest BCUT2D eigenvalue weighted by molar-refractivity contribution is 5.76. The van der Waals surface area contributed by atoms with Gasteiger partial charge in [0.1, 0.15) is 0 Å². The summed E-state index contributed by atoms with van der Waals surface area (Å²) in [5, 5.41) is 0. The quantitative estimate of drug-likeness (QED) is 0.796. The van der Waals surface area contributed by atoms with Crippen LogP contribution in [0.4, 0.5) is 0 Å². The molecule has 3 aliphatic rings. The Bertz CT molecular complexity index is 609. The molecule has 0 N–H and O–H groups in total. The Morgan fingerprint density at radius 2 is 1.81 bits per heavy atom. The third-order valence-corrected chi connectivity index (χ3v) is 6.92. The number of nitrogens with zero attached hydrogens (tertiary/aromatic N) is 3. The van der Waals surface area contributed by atoms with Crippen molar-refractivity contribution in [1.82, 2.24) is 14.8 Å².